The highest BCUT2D eigenvalue weighted by atomic mass is 16.6. The summed E-state index contributed by atoms with van der Waals surface area (Å²) < 4.78 is 5.33. The smallest absolute Gasteiger partial charge is 0.353 e. The quantitative estimate of drug-likeness (QED) is 0.459. The fraction of sp³-hybridized carbons (Fsp3) is 0.316. The summed E-state index contributed by atoms with van der Waals surface area (Å²) in [5.41, 5.74) is 1.30. The Balaban J connectivity index is 1.55. The lowest BCUT2D eigenvalue weighted by Crippen LogP contribution is -2.39. The maximum absolute atomic E-state index is 11.8. The first-order chi connectivity index (χ1) is 14.2. The number of rotatable bonds is 7. The SMILES string of the molecule is O=[N+]([O-])c1c(NCCN2CCOCC2)ncnc1Nc1cccc2ncccc12. The number of morpholine rings is 1. The molecule has 0 amide bonds. The molecule has 0 bridgehead atoms. The molecule has 1 aromatic carbocycles. The van der Waals surface area contributed by atoms with Crippen LogP contribution in [0.5, 0.6) is 0 Å². The number of hydrogen-bond acceptors (Lipinski definition) is 9. The minimum Gasteiger partial charge on any atom is -0.379 e. The number of pyridine rings is 1. The Morgan fingerprint density at radius 1 is 1.10 bits per heavy atom. The van der Waals surface area contributed by atoms with Crippen LogP contribution in [0.15, 0.2) is 42.9 Å². The summed E-state index contributed by atoms with van der Waals surface area (Å²) in [4.78, 5) is 26.0. The van der Waals surface area contributed by atoms with E-state index in [1.165, 1.54) is 6.33 Å². The van der Waals surface area contributed by atoms with Crippen LogP contribution >= 0.6 is 0 Å². The van der Waals surface area contributed by atoms with E-state index in [9.17, 15) is 10.1 Å². The van der Waals surface area contributed by atoms with Crippen molar-refractivity contribution >= 4 is 33.9 Å². The third-order valence-electron chi connectivity index (χ3n) is 4.73. The van der Waals surface area contributed by atoms with Gasteiger partial charge in [-0.05, 0) is 24.3 Å². The van der Waals surface area contributed by atoms with Crippen LogP contribution in [0.25, 0.3) is 10.9 Å². The van der Waals surface area contributed by atoms with Crippen LogP contribution in [0.3, 0.4) is 0 Å². The van der Waals surface area contributed by atoms with E-state index in [-0.39, 0.29) is 17.3 Å². The molecule has 0 aliphatic carbocycles. The van der Waals surface area contributed by atoms with Gasteiger partial charge in [0.15, 0.2) is 0 Å². The predicted octanol–water partition coefficient (Wildman–Crippen LogP) is 2.42. The zero-order valence-electron chi connectivity index (χ0n) is 15.7. The van der Waals surface area contributed by atoms with Gasteiger partial charge in [0.05, 0.1) is 23.7 Å². The monoisotopic (exact) mass is 395 g/mol. The Labute approximate surface area is 167 Å². The van der Waals surface area contributed by atoms with Gasteiger partial charge in [-0.3, -0.25) is 20.0 Å². The zero-order chi connectivity index (χ0) is 20.1. The highest BCUT2D eigenvalue weighted by Gasteiger charge is 2.23. The maximum Gasteiger partial charge on any atom is 0.353 e. The zero-order valence-corrected chi connectivity index (χ0v) is 15.7. The number of aromatic nitrogens is 3. The molecule has 1 fully saturated rings. The van der Waals surface area contributed by atoms with Crippen LogP contribution in [0.4, 0.5) is 23.0 Å². The van der Waals surface area contributed by atoms with E-state index in [1.54, 1.807) is 6.20 Å². The summed E-state index contributed by atoms with van der Waals surface area (Å²) >= 11 is 0. The molecule has 0 spiro atoms. The van der Waals surface area contributed by atoms with E-state index in [0.717, 1.165) is 30.5 Å². The highest BCUT2D eigenvalue weighted by molar-refractivity contribution is 5.93. The van der Waals surface area contributed by atoms with E-state index >= 15 is 0 Å². The Kier molecular flexibility index (Phi) is 5.73. The van der Waals surface area contributed by atoms with E-state index in [4.69, 9.17) is 4.74 Å². The Morgan fingerprint density at radius 2 is 1.93 bits per heavy atom. The summed E-state index contributed by atoms with van der Waals surface area (Å²) in [6.45, 7) is 4.42. The molecule has 2 N–H and O–H groups in total. The van der Waals surface area contributed by atoms with Crippen LogP contribution in [0.2, 0.25) is 0 Å². The number of hydrogen-bond donors (Lipinski definition) is 2. The fourth-order valence-corrected chi connectivity index (χ4v) is 3.27. The molecule has 0 saturated carbocycles. The van der Waals surface area contributed by atoms with Crippen molar-refractivity contribution in [3.8, 4) is 0 Å². The van der Waals surface area contributed by atoms with Gasteiger partial charge >= 0.3 is 5.69 Å². The number of anilines is 3. The minimum absolute atomic E-state index is 0.134. The molecule has 4 rings (SSSR count). The van der Waals surface area contributed by atoms with Crippen LogP contribution in [0.1, 0.15) is 0 Å². The second-order valence-electron chi connectivity index (χ2n) is 6.56. The number of nitro groups is 1. The van der Waals surface area contributed by atoms with Crippen molar-refractivity contribution in [3.63, 3.8) is 0 Å². The van der Waals surface area contributed by atoms with Crippen molar-refractivity contribution in [3.05, 3.63) is 53.0 Å². The predicted molar refractivity (Wildman–Crippen MR) is 109 cm³/mol. The van der Waals surface area contributed by atoms with E-state index in [2.05, 4.69) is 30.5 Å². The standard InChI is InChI=1S/C19H21N7O3/c27-26(28)17-18(21-7-8-25-9-11-29-12-10-25)22-13-23-19(17)24-16-5-1-4-15-14(16)3-2-6-20-15/h1-6,13H,7-12H2,(H2,21,22,23,24). The first-order valence-electron chi connectivity index (χ1n) is 9.36. The first-order valence-corrected chi connectivity index (χ1v) is 9.36. The average Bonchev–Trinajstić information content (AvgIpc) is 2.75. The van der Waals surface area contributed by atoms with Gasteiger partial charge in [0.2, 0.25) is 11.6 Å². The third-order valence-corrected chi connectivity index (χ3v) is 4.73. The van der Waals surface area contributed by atoms with Crippen LogP contribution in [-0.2, 0) is 4.74 Å². The average molecular weight is 395 g/mol. The minimum atomic E-state index is -0.469. The Morgan fingerprint density at radius 3 is 2.76 bits per heavy atom. The van der Waals surface area contributed by atoms with Crippen molar-refractivity contribution in [2.75, 3.05) is 50.0 Å². The van der Waals surface area contributed by atoms with Crippen molar-refractivity contribution in [2.45, 2.75) is 0 Å². The lowest BCUT2D eigenvalue weighted by Gasteiger charge is -2.26. The number of fused-ring (bicyclic) bond motifs is 1. The molecular weight excluding hydrogens is 374 g/mol. The van der Waals surface area contributed by atoms with Crippen LogP contribution in [-0.4, -0.2) is 64.2 Å². The largest absolute Gasteiger partial charge is 0.379 e. The normalized spacial score (nSPS) is 14.6. The summed E-state index contributed by atoms with van der Waals surface area (Å²) in [7, 11) is 0. The second kappa shape index (κ2) is 8.76. The first kappa shape index (κ1) is 19.0. The Hall–Kier alpha value is -3.37. The molecule has 0 unspecified atom stereocenters. The van der Waals surface area contributed by atoms with Gasteiger partial charge in [0.25, 0.3) is 0 Å². The third kappa shape index (κ3) is 4.39. The van der Waals surface area contributed by atoms with Crippen molar-refractivity contribution in [1.82, 2.24) is 19.9 Å². The molecule has 0 atom stereocenters. The molecule has 29 heavy (non-hydrogen) atoms. The molecule has 3 heterocycles. The van der Waals surface area contributed by atoms with Crippen LogP contribution in [0, 0.1) is 10.1 Å². The highest BCUT2D eigenvalue weighted by Crippen LogP contribution is 2.33. The summed E-state index contributed by atoms with van der Waals surface area (Å²) in [5, 5.41) is 18.8. The topological polar surface area (TPSA) is 118 Å². The molecular formula is C19H21N7O3. The molecule has 150 valence electrons. The number of benzene rings is 1. The van der Waals surface area contributed by atoms with Gasteiger partial charge in [-0.1, -0.05) is 6.07 Å². The molecule has 3 aromatic rings. The van der Waals surface area contributed by atoms with Gasteiger partial charge in [-0.15, -0.1) is 0 Å². The number of ether oxygens (including phenoxy) is 1. The van der Waals surface area contributed by atoms with Crippen molar-refractivity contribution in [1.29, 1.82) is 0 Å². The Bertz CT molecular complexity index is 1000. The molecule has 1 aliphatic rings. The van der Waals surface area contributed by atoms with Gasteiger partial charge in [0.1, 0.15) is 6.33 Å². The van der Waals surface area contributed by atoms with E-state index in [0.29, 0.717) is 25.4 Å². The van der Waals surface area contributed by atoms with Gasteiger partial charge in [-0.2, -0.15) is 0 Å². The lowest BCUT2D eigenvalue weighted by atomic mass is 10.2. The molecule has 10 nitrogen and oxygen atoms in total. The molecule has 1 aliphatic heterocycles. The van der Waals surface area contributed by atoms with Crippen molar-refractivity contribution < 1.29 is 9.66 Å². The van der Waals surface area contributed by atoms with Crippen LogP contribution < -0.4 is 10.6 Å². The van der Waals surface area contributed by atoms with E-state index in [1.807, 2.05) is 30.3 Å². The van der Waals surface area contributed by atoms with Gasteiger partial charge in [-0.25, -0.2) is 9.97 Å². The number of nitrogens with one attached hydrogen (secondary N) is 2. The van der Waals surface area contributed by atoms with E-state index < -0.39 is 4.92 Å². The number of nitrogens with zero attached hydrogens (tertiary/aromatic N) is 5. The molecule has 1 saturated heterocycles. The summed E-state index contributed by atoms with van der Waals surface area (Å²) in [6, 6.07) is 9.28. The lowest BCUT2D eigenvalue weighted by molar-refractivity contribution is -0.383. The molecule has 2 aromatic heterocycles. The van der Waals surface area contributed by atoms with Gasteiger partial charge in [0, 0.05) is 43.4 Å². The molecule has 10 heteroatoms. The molecule has 0 radical (unpaired) electrons. The summed E-state index contributed by atoms with van der Waals surface area (Å²) in [5.74, 6) is 0.328. The summed E-state index contributed by atoms with van der Waals surface area (Å²) in [6.07, 6.45) is 3.02. The maximum atomic E-state index is 11.8. The second-order valence-corrected chi connectivity index (χ2v) is 6.56. The fourth-order valence-electron chi connectivity index (χ4n) is 3.27. The van der Waals surface area contributed by atoms with Crippen molar-refractivity contribution in [2.24, 2.45) is 0 Å². The van der Waals surface area contributed by atoms with Gasteiger partial charge < -0.3 is 15.4 Å².